The SMILES string of the molecule is Nc1nc2c(ncn2[C@H]2CCP(=O)(CO)C2)c(=O)[nH]1. The van der Waals surface area contributed by atoms with Gasteiger partial charge in [0.1, 0.15) is 7.14 Å². The van der Waals surface area contributed by atoms with Gasteiger partial charge in [0.15, 0.2) is 11.2 Å². The first kappa shape index (κ1) is 12.4. The minimum absolute atomic E-state index is 0.0302. The van der Waals surface area contributed by atoms with Crippen molar-refractivity contribution in [3.05, 3.63) is 16.7 Å². The average Bonchev–Trinajstić information content (AvgIpc) is 2.94. The first-order valence-corrected chi connectivity index (χ1v) is 8.19. The third-order valence-corrected chi connectivity index (χ3v) is 6.19. The molecule has 1 unspecified atom stereocenters. The molecule has 0 saturated carbocycles. The Bertz CT molecular complexity index is 736. The lowest BCUT2D eigenvalue weighted by molar-refractivity contribution is 0.358. The molecule has 102 valence electrons. The van der Waals surface area contributed by atoms with Crippen molar-refractivity contribution >= 4 is 24.3 Å². The molecular formula is C10H14N5O3P. The zero-order valence-electron chi connectivity index (χ0n) is 10.1. The molecular weight excluding hydrogens is 269 g/mol. The summed E-state index contributed by atoms with van der Waals surface area (Å²) in [6.45, 7) is 0. The Hall–Kier alpha value is -1.66. The number of imidazole rings is 1. The van der Waals surface area contributed by atoms with E-state index in [1.807, 2.05) is 0 Å². The number of anilines is 1. The van der Waals surface area contributed by atoms with E-state index in [0.717, 1.165) is 0 Å². The third-order valence-electron chi connectivity index (χ3n) is 3.52. The molecule has 1 aliphatic heterocycles. The van der Waals surface area contributed by atoms with Crippen molar-refractivity contribution in [1.82, 2.24) is 19.5 Å². The van der Waals surface area contributed by atoms with Gasteiger partial charge >= 0.3 is 0 Å². The van der Waals surface area contributed by atoms with Gasteiger partial charge in [-0.05, 0) is 6.42 Å². The molecule has 3 rings (SSSR count). The number of aromatic nitrogens is 4. The Labute approximate surface area is 108 Å². The van der Waals surface area contributed by atoms with Gasteiger partial charge in [-0.2, -0.15) is 4.98 Å². The van der Waals surface area contributed by atoms with Crippen LogP contribution in [0.5, 0.6) is 0 Å². The summed E-state index contributed by atoms with van der Waals surface area (Å²) in [6, 6.07) is -0.0586. The van der Waals surface area contributed by atoms with Crippen LogP contribution in [0.3, 0.4) is 0 Å². The molecule has 8 nitrogen and oxygen atoms in total. The fraction of sp³-hybridized carbons (Fsp3) is 0.500. The lowest BCUT2D eigenvalue weighted by Gasteiger charge is -2.12. The minimum Gasteiger partial charge on any atom is -0.389 e. The number of aliphatic hydroxyl groups excluding tert-OH is 1. The second kappa shape index (κ2) is 4.18. The van der Waals surface area contributed by atoms with Gasteiger partial charge < -0.3 is 20.0 Å². The van der Waals surface area contributed by atoms with Gasteiger partial charge in [-0.25, -0.2) is 4.98 Å². The van der Waals surface area contributed by atoms with Crippen LogP contribution < -0.4 is 11.3 Å². The number of nitrogens with two attached hydrogens (primary N) is 1. The molecule has 0 aromatic carbocycles. The van der Waals surface area contributed by atoms with Gasteiger partial charge in [-0.15, -0.1) is 0 Å². The summed E-state index contributed by atoms with van der Waals surface area (Å²) in [4.78, 5) is 22.2. The number of aromatic amines is 1. The van der Waals surface area contributed by atoms with Crippen LogP contribution in [0.2, 0.25) is 0 Å². The normalized spacial score (nSPS) is 27.1. The number of hydrogen-bond acceptors (Lipinski definition) is 6. The highest BCUT2D eigenvalue weighted by atomic mass is 31.2. The fourth-order valence-electron chi connectivity index (χ4n) is 2.52. The zero-order chi connectivity index (χ0) is 13.6. The van der Waals surface area contributed by atoms with Crippen LogP contribution in [0, 0.1) is 0 Å². The molecule has 0 radical (unpaired) electrons. The number of nitrogen functional groups attached to an aromatic ring is 1. The maximum atomic E-state index is 12.2. The largest absolute Gasteiger partial charge is 0.389 e. The van der Waals surface area contributed by atoms with Crippen LogP contribution in [-0.2, 0) is 4.57 Å². The predicted octanol–water partition coefficient (Wildman–Crippen LogP) is -0.0405. The summed E-state index contributed by atoms with van der Waals surface area (Å²) in [5.41, 5.74) is 5.77. The number of rotatable bonds is 2. The molecule has 19 heavy (non-hydrogen) atoms. The van der Waals surface area contributed by atoms with E-state index in [1.165, 1.54) is 6.33 Å². The molecule has 2 atom stereocenters. The van der Waals surface area contributed by atoms with Crippen molar-refractivity contribution in [3.63, 3.8) is 0 Å². The summed E-state index contributed by atoms with van der Waals surface area (Å²) < 4.78 is 13.9. The Morgan fingerprint density at radius 1 is 1.63 bits per heavy atom. The molecule has 0 aliphatic carbocycles. The lowest BCUT2D eigenvalue weighted by Crippen LogP contribution is -2.14. The van der Waals surface area contributed by atoms with Crippen LogP contribution in [0.25, 0.3) is 11.2 Å². The van der Waals surface area contributed by atoms with Crippen molar-refractivity contribution in [2.45, 2.75) is 12.5 Å². The molecule has 0 spiro atoms. The molecule has 2 aromatic rings. The smallest absolute Gasteiger partial charge is 0.280 e. The van der Waals surface area contributed by atoms with Crippen LogP contribution in [0.4, 0.5) is 5.95 Å². The van der Waals surface area contributed by atoms with Crippen molar-refractivity contribution in [2.24, 2.45) is 0 Å². The quantitative estimate of drug-likeness (QED) is 0.664. The van der Waals surface area contributed by atoms with E-state index >= 15 is 0 Å². The number of H-pyrrole nitrogens is 1. The molecule has 4 N–H and O–H groups in total. The van der Waals surface area contributed by atoms with Gasteiger partial charge in [0.2, 0.25) is 5.95 Å². The van der Waals surface area contributed by atoms with Crippen molar-refractivity contribution in [3.8, 4) is 0 Å². The number of nitrogens with zero attached hydrogens (tertiary/aromatic N) is 3. The predicted molar refractivity (Wildman–Crippen MR) is 70.6 cm³/mol. The summed E-state index contributed by atoms with van der Waals surface area (Å²) in [6.07, 6.45) is 2.84. The summed E-state index contributed by atoms with van der Waals surface area (Å²) in [7, 11) is -2.49. The van der Waals surface area contributed by atoms with E-state index < -0.39 is 7.14 Å². The molecule has 2 aromatic heterocycles. The van der Waals surface area contributed by atoms with Crippen molar-refractivity contribution < 1.29 is 9.67 Å². The second-order valence-corrected chi connectivity index (χ2v) is 8.03. The van der Waals surface area contributed by atoms with E-state index in [4.69, 9.17) is 10.8 Å². The Morgan fingerprint density at radius 2 is 2.42 bits per heavy atom. The van der Waals surface area contributed by atoms with Gasteiger partial charge in [0.05, 0.1) is 12.7 Å². The van der Waals surface area contributed by atoms with Crippen molar-refractivity contribution in [1.29, 1.82) is 0 Å². The first-order valence-electron chi connectivity index (χ1n) is 5.93. The van der Waals surface area contributed by atoms with E-state index in [1.54, 1.807) is 4.57 Å². The number of nitrogens with one attached hydrogen (secondary N) is 1. The van der Waals surface area contributed by atoms with Gasteiger partial charge in [0.25, 0.3) is 5.56 Å². The van der Waals surface area contributed by atoms with Crippen LogP contribution in [0.15, 0.2) is 11.1 Å². The van der Waals surface area contributed by atoms with E-state index in [9.17, 15) is 9.36 Å². The highest BCUT2D eigenvalue weighted by Crippen LogP contribution is 2.54. The van der Waals surface area contributed by atoms with E-state index in [2.05, 4.69) is 15.0 Å². The molecule has 1 fully saturated rings. The molecule has 0 bridgehead atoms. The summed E-state index contributed by atoms with van der Waals surface area (Å²) in [5.74, 6) is 0.0302. The third kappa shape index (κ3) is 1.97. The maximum Gasteiger partial charge on any atom is 0.280 e. The van der Waals surface area contributed by atoms with Gasteiger partial charge in [-0.1, -0.05) is 0 Å². The standard InChI is InChI=1S/C10H14N5O3P/c11-10-13-8-7(9(17)14-10)12-4-15(8)6-1-2-19(18,3-6)5-16/h4,6,16H,1-3,5H2,(H3,11,13,14,17)/t6-,19?/m0/s1. The van der Waals surface area contributed by atoms with Gasteiger partial charge in [0, 0.05) is 18.4 Å². The monoisotopic (exact) mass is 283 g/mol. The average molecular weight is 283 g/mol. The molecule has 1 aliphatic rings. The topological polar surface area (TPSA) is 127 Å². The Morgan fingerprint density at radius 3 is 3.11 bits per heavy atom. The van der Waals surface area contributed by atoms with E-state index in [0.29, 0.717) is 24.4 Å². The van der Waals surface area contributed by atoms with Gasteiger partial charge in [-0.3, -0.25) is 9.78 Å². The lowest BCUT2D eigenvalue weighted by atomic mass is 10.2. The molecule has 3 heterocycles. The zero-order valence-corrected chi connectivity index (χ0v) is 11.0. The highest BCUT2D eigenvalue weighted by molar-refractivity contribution is 7.64. The Balaban J connectivity index is 2.08. The summed E-state index contributed by atoms with van der Waals surface area (Å²) in [5, 5.41) is 9.16. The maximum absolute atomic E-state index is 12.2. The summed E-state index contributed by atoms with van der Waals surface area (Å²) >= 11 is 0. The van der Waals surface area contributed by atoms with Crippen LogP contribution in [-0.4, -0.2) is 43.3 Å². The highest BCUT2D eigenvalue weighted by Gasteiger charge is 2.35. The fourth-order valence-corrected chi connectivity index (χ4v) is 4.85. The number of aliphatic hydroxyl groups is 1. The minimum atomic E-state index is -2.49. The number of hydrogen-bond donors (Lipinski definition) is 3. The molecule has 0 amide bonds. The van der Waals surface area contributed by atoms with Crippen LogP contribution in [0.1, 0.15) is 12.5 Å². The molecule has 1 saturated heterocycles. The second-order valence-electron chi connectivity index (χ2n) is 4.82. The van der Waals surface area contributed by atoms with Crippen molar-refractivity contribution in [2.75, 3.05) is 24.4 Å². The van der Waals surface area contributed by atoms with Crippen LogP contribution >= 0.6 is 7.14 Å². The first-order chi connectivity index (χ1) is 9.02. The van der Waals surface area contributed by atoms with E-state index in [-0.39, 0.29) is 29.4 Å². The number of fused-ring (bicyclic) bond motifs is 1. The molecule has 9 heteroatoms. The Kier molecular flexibility index (Phi) is 2.72.